The molecule has 0 aliphatic heterocycles. The normalized spacial score (nSPS) is 10.1. The fourth-order valence-electron chi connectivity index (χ4n) is 1.13. The fourth-order valence-corrected chi connectivity index (χ4v) is 1.30. The van der Waals surface area contributed by atoms with Gasteiger partial charge in [0, 0.05) is 18.8 Å². The average Bonchev–Trinajstić information content (AvgIpc) is 2.64. The van der Waals surface area contributed by atoms with E-state index in [2.05, 4.69) is 20.4 Å². The molecule has 0 aliphatic carbocycles. The summed E-state index contributed by atoms with van der Waals surface area (Å²) < 4.78 is 1.46. The summed E-state index contributed by atoms with van der Waals surface area (Å²) in [6, 6.07) is 3.05. The van der Waals surface area contributed by atoms with Crippen LogP contribution in [-0.4, -0.2) is 25.7 Å². The molecule has 2 aromatic heterocycles. The number of hydrogen-bond acceptors (Lipinski definition) is 4. The number of anilines is 1. The van der Waals surface area contributed by atoms with Gasteiger partial charge in [-0.15, -0.1) is 0 Å². The molecule has 2 heterocycles. The Kier molecular flexibility index (Phi) is 2.82. The Morgan fingerprint density at radius 2 is 2.31 bits per heavy atom. The summed E-state index contributed by atoms with van der Waals surface area (Å²) in [4.78, 5) is 19.4. The van der Waals surface area contributed by atoms with Gasteiger partial charge >= 0.3 is 0 Å². The van der Waals surface area contributed by atoms with Gasteiger partial charge in [-0.3, -0.25) is 10.1 Å². The van der Waals surface area contributed by atoms with Crippen molar-refractivity contribution in [2.45, 2.75) is 0 Å². The predicted octanol–water partition coefficient (Wildman–Crippen LogP) is 1.12. The zero-order chi connectivity index (χ0) is 11.5. The summed E-state index contributed by atoms with van der Waals surface area (Å²) in [5.41, 5.74) is 0.419. The summed E-state index contributed by atoms with van der Waals surface area (Å²) in [6.07, 6.45) is 2.82. The Balaban J connectivity index is 2.18. The molecule has 0 unspecified atom stereocenters. The van der Waals surface area contributed by atoms with E-state index in [1.807, 2.05) is 0 Å². The lowest BCUT2D eigenvalue weighted by molar-refractivity contribution is 0.102. The van der Waals surface area contributed by atoms with Crippen LogP contribution in [0.25, 0.3) is 0 Å². The lowest BCUT2D eigenvalue weighted by atomic mass is 10.2. The molecule has 16 heavy (non-hydrogen) atoms. The monoisotopic (exact) mass is 237 g/mol. The van der Waals surface area contributed by atoms with Crippen LogP contribution >= 0.6 is 11.6 Å². The van der Waals surface area contributed by atoms with Gasteiger partial charge in [0.15, 0.2) is 0 Å². The molecule has 1 N–H and O–H groups in total. The van der Waals surface area contributed by atoms with Crippen LogP contribution in [0.4, 0.5) is 5.95 Å². The van der Waals surface area contributed by atoms with E-state index < -0.39 is 0 Å². The molecule has 0 saturated heterocycles. The number of nitrogens with one attached hydrogen (secondary N) is 1. The molecule has 2 aromatic rings. The van der Waals surface area contributed by atoms with Crippen molar-refractivity contribution in [3.63, 3.8) is 0 Å². The van der Waals surface area contributed by atoms with E-state index in [0.717, 1.165) is 0 Å². The van der Waals surface area contributed by atoms with Crippen LogP contribution in [0.15, 0.2) is 24.7 Å². The number of rotatable bonds is 2. The van der Waals surface area contributed by atoms with Crippen LogP contribution in [0, 0.1) is 0 Å². The van der Waals surface area contributed by atoms with E-state index in [0.29, 0.717) is 11.5 Å². The smallest absolute Gasteiger partial charge is 0.258 e. The molecule has 0 aromatic carbocycles. The zero-order valence-corrected chi connectivity index (χ0v) is 9.14. The van der Waals surface area contributed by atoms with E-state index in [1.165, 1.54) is 23.3 Å². The number of pyridine rings is 1. The topological polar surface area (TPSA) is 72.7 Å². The molecular formula is C9H8ClN5O. The molecule has 0 bridgehead atoms. The number of carbonyl (C=O) groups excluding carboxylic acids is 1. The third kappa shape index (κ3) is 2.17. The average molecular weight is 238 g/mol. The largest absolute Gasteiger partial charge is 0.291 e. The Bertz CT molecular complexity index is 524. The number of nitrogens with zero attached hydrogens (tertiary/aromatic N) is 4. The second kappa shape index (κ2) is 4.28. The molecule has 0 atom stereocenters. The molecule has 82 valence electrons. The Morgan fingerprint density at radius 1 is 1.50 bits per heavy atom. The molecule has 7 heteroatoms. The minimum atomic E-state index is -0.305. The van der Waals surface area contributed by atoms with Gasteiger partial charge in [0.2, 0.25) is 5.95 Å². The first-order valence-electron chi connectivity index (χ1n) is 4.44. The predicted molar refractivity (Wildman–Crippen MR) is 58.2 cm³/mol. The summed E-state index contributed by atoms with van der Waals surface area (Å²) in [5.74, 6) is 0.0679. The Morgan fingerprint density at radius 3 is 2.94 bits per heavy atom. The fraction of sp³-hybridized carbons (Fsp3) is 0.111. The van der Waals surface area contributed by atoms with E-state index in [4.69, 9.17) is 11.6 Å². The first-order valence-corrected chi connectivity index (χ1v) is 4.81. The molecular weight excluding hydrogens is 230 g/mol. The van der Waals surface area contributed by atoms with Gasteiger partial charge in [0.1, 0.15) is 11.5 Å². The third-order valence-corrected chi connectivity index (χ3v) is 2.13. The van der Waals surface area contributed by atoms with Gasteiger partial charge < -0.3 is 0 Å². The van der Waals surface area contributed by atoms with E-state index in [-0.39, 0.29) is 11.1 Å². The highest BCUT2D eigenvalue weighted by Gasteiger charge is 2.09. The van der Waals surface area contributed by atoms with E-state index >= 15 is 0 Å². The first kappa shape index (κ1) is 10.6. The molecule has 0 radical (unpaired) electrons. The zero-order valence-electron chi connectivity index (χ0n) is 8.38. The second-order valence-corrected chi connectivity index (χ2v) is 3.42. The van der Waals surface area contributed by atoms with Gasteiger partial charge in [-0.1, -0.05) is 11.6 Å². The SMILES string of the molecule is Cn1ncnc1NC(=O)c1ccnc(Cl)c1. The summed E-state index contributed by atoms with van der Waals surface area (Å²) in [6.45, 7) is 0. The van der Waals surface area contributed by atoms with Gasteiger partial charge in [-0.25, -0.2) is 9.67 Å². The van der Waals surface area contributed by atoms with Crippen LogP contribution in [0.3, 0.4) is 0 Å². The molecule has 0 fully saturated rings. The maximum absolute atomic E-state index is 11.7. The standard InChI is InChI=1S/C9H8ClN5O/c1-15-9(12-5-13-15)14-8(16)6-2-3-11-7(10)4-6/h2-5H,1H3,(H,12,13,14,16). The number of aromatic nitrogens is 4. The molecule has 6 nitrogen and oxygen atoms in total. The minimum Gasteiger partial charge on any atom is -0.291 e. The number of carbonyl (C=O) groups is 1. The van der Waals surface area contributed by atoms with Crippen molar-refractivity contribution >= 4 is 23.5 Å². The van der Waals surface area contributed by atoms with Gasteiger partial charge in [0.25, 0.3) is 5.91 Å². The highest BCUT2D eigenvalue weighted by Crippen LogP contribution is 2.09. The lowest BCUT2D eigenvalue weighted by Gasteiger charge is -2.03. The lowest BCUT2D eigenvalue weighted by Crippen LogP contribution is -2.15. The highest BCUT2D eigenvalue weighted by atomic mass is 35.5. The van der Waals surface area contributed by atoms with Gasteiger partial charge in [0.05, 0.1) is 0 Å². The van der Waals surface area contributed by atoms with Crippen LogP contribution in [0.2, 0.25) is 5.15 Å². The third-order valence-electron chi connectivity index (χ3n) is 1.93. The van der Waals surface area contributed by atoms with Crippen molar-refractivity contribution in [1.29, 1.82) is 0 Å². The minimum absolute atomic E-state index is 0.269. The van der Waals surface area contributed by atoms with Crippen molar-refractivity contribution in [1.82, 2.24) is 19.7 Å². The van der Waals surface area contributed by atoms with Crippen LogP contribution in [0.1, 0.15) is 10.4 Å². The van der Waals surface area contributed by atoms with Crippen LogP contribution in [0.5, 0.6) is 0 Å². The van der Waals surface area contributed by atoms with Crippen molar-refractivity contribution < 1.29 is 4.79 Å². The van der Waals surface area contributed by atoms with Crippen molar-refractivity contribution in [3.8, 4) is 0 Å². The van der Waals surface area contributed by atoms with Gasteiger partial charge in [-0.05, 0) is 12.1 Å². The van der Waals surface area contributed by atoms with E-state index in [1.54, 1.807) is 13.1 Å². The van der Waals surface area contributed by atoms with E-state index in [9.17, 15) is 4.79 Å². The van der Waals surface area contributed by atoms with Crippen molar-refractivity contribution in [2.75, 3.05) is 5.32 Å². The molecule has 1 amide bonds. The summed E-state index contributed by atoms with van der Waals surface area (Å²) in [5, 5.41) is 6.70. The molecule has 0 aliphatic rings. The molecule has 0 saturated carbocycles. The number of halogens is 1. The highest BCUT2D eigenvalue weighted by molar-refractivity contribution is 6.29. The second-order valence-electron chi connectivity index (χ2n) is 3.03. The summed E-state index contributed by atoms with van der Waals surface area (Å²) >= 11 is 5.68. The number of hydrogen-bond donors (Lipinski definition) is 1. The maximum atomic E-state index is 11.7. The van der Waals surface area contributed by atoms with Crippen molar-refractivity contribution in [2.24, 2.45) is 7.05 Å². The van der Waals surface area contributed by atoms with Gasteiger partial charge in [-0.2, -0.15) is 10.1 Å². The summed E-state index contributed by atoms with van der Waals surface area (Å²) in [7, 11) is 1.68. The number of amides is 1. The molecule has 0 spiro atoms. The maximum Gasteiger partial charge on any atom is 0.258 e. The Hall–Kier alpha value is -1.95. The van der Waals surface area contributed by atoms with Crippen molar-refractivity contribution in [3.05, 3.63) is 35.4 Å². The molecule has 2 rings (SSSR count). The quantitative estimate of drug-likeness (QED) is 0.795. The Labute approximate surface area is 96.3 Å². The van der Waals surface area contributed by atoms with Crippen LogP contribution in [-0.2, 0) is 7.05 Å². The number of aryl methyl sites for hydroxylation is 1. The first-order chi connectivity index (χ1) is 7.66. The van der Waals surface area contributed by atoms with Crippen LogP contribution < -0.4 is 5.32 Å².